The standard InChI is InChI=1S/C16H20N2OSi/c1-20(2,3)19-16-9-5-4-8-15(16)13-18-12-14-7-6-10-17-11-14/h4-12H,13H2,1-3H3. The summed E-state index contributed by atoms with van der Waals surface area (Å²) in [6.45, 7) is 7.17. The number of aromatic nitrogens is 1. The molecule has 0 amide bonds. The molecule has 4 heteroatoms. The van der Waals surface area contributed by atoms with Gasteiger partial charge < -0.3 is 4.43 Å². The van der Waals surface area contributed by atoms with Crippen molar-refractivity contribution in [2.75, 3.05) is 0 Å². The molecule has 0 aliphatic carbocycles. The molecule has 104 valence electrons. The van der Waals surface area contributed by atoms with E-state index in [1.807, 2.05) is 36.5 Å². The van der Waals surface area contributed by atoms with Gasteiger partial charge in [0.15, 0.2) is 0 Å². The molecule has 0 fully saturated rings. The Bertz CT molecular complexity index is 577. The van der Waals surface area contributed by atoms with Crippen LogP contribution in [0.3, 0.4) is 0 Å². The minimum absolute atomic E-state index is 0.621. The molecule has 0 aliphatic rings. The second kappa shape index (κ2) is 6.48. The quantitative estimate of drug-likeness (QED) is 0.616. The molecule has 1 aromatic carbocycles. The minimum Gasteiger partial charge on any atom is -0.544 e. The van der Waals surface area contributed by atoms with E-state index in [1.54, 1.807) is 12.4 Å². The summed E-state index contributed by atoms with van der Waals surface area (Å²) in [5, 5.41) is 0. The number of rotatable bonds is 5. The van der Waals surface area contributed by atoms with E-state index >= 15 is 0 Å². The summed E-state index contributed by atoms with van der Waals surface area (Å²) in [4.78, 5) is 8.54. The van der Waals surface area contributed by atoms with E-state index in [1.165, 1.54) is 0 Å². The third-order valence-electron chi connectivity index (χ3n) is 2.58. The molecular weight excluding hydrogens is 264 g/mol. The fraction of sp³-hybridized carbons (Fsp3) is 0.250. The van der Waals surface area contributed by atoms with Crippen LogP contribution in [0.25, 0.3) is 0 Å². The zero-order valence-electron chi connectivity index (χ0n) is 12.2. The Morgan fingerprint density at radius 3 is 2.65 bits per heavy atom. The van der Waals surface area contributed by atoms with Gasteiger partial charge in [-0.1, -0.05) is 24.3 Å². The van der Waals surface area contributed by atoms with Crippen LogP contribution in [0, 0.1) is 0 Å². The number of hydrogen-bond donors (Lipinski definition) is 0. The van der Waals surface area contributed by atoms with E-state index < -0.39 is 8.32 Å². The SMILES string of the molecule is C[Si](C)(C)Oc1ccccc1CN=Cc1cccnc1. The van der Waals surface area contributed by atoms with Crippen LogP contribution >= 0.6 is 0 Å². The molecule has 0 saturated carbocycles. The van der Waals surface area contributed by atoms with Crippen molar-refractivity contribution in [1.29, 1.82) is 0 Å². The van der Waals surface area contributed by atoms with Gasteiger partial charge in [0.1, 0.15) is 5.75 Å². The van der Waals surface area contributed by atoms with E-state index in [-0.39, 0.29) is 0 Å². The predicted octanol–water partition coefficient (Wildman–Crippen LogP) is 3.91. The number of aliphatic imine (C=N–C) groups is 1. The van der Waals surface area contributed by atoms with Crippen LogP contribution in [0.2, 0.25) is 19.6 Å². The Hall–Kier alpha value is -1.94. The molecule has 0 radical (unpaired) electrons. The molecule has 0 spiro atoms. The summed E-state index contributed by atoms with van der Waals surface area (Å²) in [7, 11) is -1.59. The van der Waals surface area contributed by atoms with Crippen LogP contribution in [0.4, 0.5) is 0 Å². The van der Waals surface area contributed by atoms with Gasteiger partial charge in [-0.3, -0.25) is 9.98 Å². The average Bonchev–Trinajstić information content (AvgIpc) is 2.40. The lowest BCUT2D eigenvalue weighted by atomic mass is 10.2. The maximum atomic E-state index is 6.09. The highest BCUT2D eigenvalue weighted by Gasteiger charge is 2.17. The van der Waals surface area contributed by atoms with E-state index in [2.05, 4.69) is 35.7 Å². The van der Waals surface area contributed by atoms with Crippen molar-refractivity contribution in [2.45, 2.75) is 26.2 Å². The number of para-hydroxylation sites is 1. The van der Waals surface area contributed by atoms with Crippen molar-refractivity contribution in [2.24, 2.45) is 4.99 Å². The monoisotopic (exact) mass is 284 g/mol. The summed E-state index contributed by atoms with van der Waals surface area (Å²) in [5.74, 6) is 0.954. The summed E-state index contributed by atoms with van der Waals surface area (Å²) in [6, 6.07) is 12.0. The molecular formula is C16H20N2OSi. The van der Waals surface area contributed by atoms with Crippen molar-refractivity contribution in [3.8, 4) is 5.75 Å². The minimum atomic E-state index is -1.59. The molecule has 1 heterocycles. The first-order valence-corrected chi connectivity index (χ1v) is 10.1. The third kappa shape index (κ3) is 4.62. The number of hydrogen-bond acceptors (Lipinski definition) is 3. The molecule has 0 bridgehead atoms. The van der Waals surface area contributed by atoms with Crippen molar-refractivity contribution < 1.29 is 4.43 Å². The molecule has 0 aliphatic heterocycles. The van der Waals surface area contributed by atoms with Gasteiger partial charge in [0.25, 0.3) is 0 Å². The molecule has 2 rings (SSSR count). The highest BCUT2D eigenvalue weighted by Crippen LogP contribution is 2.22. The third-order valence-corrected chi connectivity index (χ3v) is 3.41. The average molecular weight is 284 g/mol. The van der Waals surface area contributed by atoms with Crippen molar-refractivity contribution >= 4 is 14.5 Å². The van der Waals surface area contributed by atoms with Crippen LogP contribution in [-0.4, -0.2) is 19.5 Å². The smallest absolute Gasteiger partial charge is 0.242 e. The van der Waals surface area contributed by atoms with Crippen LogP contribution < -0.4 is 4.43 Å². The fourth-order valence-electron chi connectivity index (χ4n) is 1.77. The second-order valence-electron chi connectivity index (χ2n) is 5.58. The van der Waals surface area contributed by atoms with Crippen molar-refractivity contribution in [3.63, 3.8) is 0 Å². The topological polar surface area (TPSA) is 34.5 Å². The largest absolute Gasteiger partial charge is 0.544 e. The maximum absolute atomic E-state index is 6.09. The number of pyridine rings is 1. The zero-order chi connectivity index (χ0) is 14.4. The van der Waals surface area contributed by atoms with Crippen LogP contribution in [0.1, 0.15) is 11.1 Å². The number of nitrogens with zero attached hydrogens (tertiary/aromatic N) is 2. The van der Waals surface area contributed by atoms with Crippen molar-refractivity contribution in [3.05, 3.63) is 59.9 Å². The maximum Gasteiger partial charge on any atom is 0.242 e. The lowest BCUT2D eigenvalue weighted by molar-refractivity contribution is 0.549. The highest BCUT2D eigenvalue weighted by atomic mass is 28.4. The summed E-state index contributed by atoms with van der Waals surface area (Å²) >= 11 is 0. The van der Waals surface area contributed by atoms with Crippen LogP contribution in [-0.2, 0) is 6.54 Å². The van der Waals surface area contributed by atoms with Crippen molar-refractivity contribution in [1.82, 2.24) is 4.98 Å². The van der Waals surface area contributed by atoms with Gasteiger partial charge in [0.05, 0.1) is 6.54 Å². The first-order valence-electron chi connectivity index (χ1n) is 6.71. The Morgan fingerprint density at radius 2 is 1.95 bits per heavy atom. The van der Waals surface area contributed by atoms with Gasteiger partial charge >= 0.3 is 0 Å². The predicted molar refractivity (Wildman–Crippen MR) is 86.0 cm³/mol. The van der Waals surface area contributed by atoms with Gasteiger partial charge in [0, 0.05) is 29.7 Å². The lowest BCUT2D eigenvalue weighted by Crippen LogP contribution is -2.29. The highest BCUT2D eigenvalue weighted by molar-refractivity contribution is 6.70. The van der Waals surface area contributed by atoms with Gasteiger partial charge in [-0.25, -0.2) is 0 Å². The van der Waals surface area contributed by atoms with Gasteiger partial charge in [0.2, 0.25) is 8.32 Å². The molecule has 20 heavy (non-hydrogen) atoms. The van der Waals surface area contributed by atoms with Crippen LogP contribution in [0.5, 0.6) is 5.75 Å². The Morgan fingerprint density at radius 1 is 1.15 bits per heavy atom. The zero-order valence-corrected chi connectivity index (χ0v) is 13.2. The van der Waals surface area contributed by atoms with Crippen LogP contribution in [0.15, 0.2) is 53.8 Å². The Balaban J connectivity index is 2.08. The summed E-state index contributed by atoms with van der Waals surface area (Å²) < 4.78 is 6.09. The normalized spacial score (nSPS) is 11.8. The number of benzene rings is 1. The van der Waals surface area contributed by atoms with E-state index in [9.17, 15) is 0 Å². The van der Waals surface area contributed by atoms with E-state index in [4.69, 9.17) is 4.43 Å². The molecule has 0 unspecified atom stereocenters. The summed E-state index contributed by atoms with van der Waals surface area (Å²) in [5.41, 5.74) is 2.13. The first-order chi connectivity index (χ1) is 9.54. The molecule has 0 atom stereocenters. The Labute approximate surface area is 121 Å². The van der Waals surface area contributed by atoms with E-state index in [0.29, 0.717) is 6.54 Å². The Kier molecular flexibility index (Phi) is 4.68. The molecule has 0 saturated heterocycles. The molecule has 1 aromatic heterocycles. The molecule has 2 aromatic rings. The summed E-state index contributed by atoms with van der Waals surface area (Å²) in [6.07, 6.45) is 5.40. The molecule has 0 N–H and O–H groups in total. The molecule has 3 nitrogen and oxygen atoms in total. The first kappa shape index (κ1) is 14.5. The fourth-order valence-corrected chi connectivity index (χ4v) is 2.62. The van der Waals surface area contributed by atoms with Gasteiger partial charge in [-0.05, 0) is 31.8 Å². The van der Waals surface area contributed by atoms with E-state index in [0.717, 1.165) is 16.9 Å². The van der Waals surface area contributed by atoms with Gasteiger partial charge in [-0.2, -0.15) is 0 Å². The lowest BCUT2D eigenvalue weighted by Gasteiger charge is -2.21. The van der Waals surface area contributed by atoms with Gasteiger partial charge in [-0.15, -0.1) is 0 Å². The second-order valence-corrected chi connectivity index (χ2v) is 10.0.